The number of halogens is 1. The Morgan fingerprint density at radius 1 is 1.47 bits per heavy atom. The molecule has 1 amide bonds. The molecule has 2 aliphatic rings. The summed E-state index contributed by atoms with van der Waals surface area (Å²) in [6.45, 7) is 4.20. The van der Waals surface area contributed by atoms with Crippen molar-refractivity contribution in [3.8, 4) is 0 Å². The highest BCUT2D eigenvalue weighted by Gasteiger charge is 2.56. The lowest BCUT2D eigenvalue weighted by Crippen LogP contribution is -2.36. The number of nitrogens with zero attached hydrogens (tertiary/aromatic N) is 1. The van der Waals surface area contributed by atoms with E-state index in [1.165, 1.54) is 19.3 Å². The molecule has 1 unspecified atom stereocenters. The quantitative estimate of drug-likeness (QED) is 0.781. The summed E-state index contributed by atoms with van der Waals surface area (Å²) in [6, 6.07) is 0.539. The number of carbonyl (C=O) groups excluding carboxylic acids is 1. The molecule has 0 aromatic heterocycles. The van der Waals surface area contributed by atoms with Crippen LogP contribution in [-0.2, 0) is 4.79 Å². The number of piperidine rings is 1. The standard InChI is InChI=1S/C11H20N2O.ClH/c1-3-10(14)13(2)9-8-11(9)4-6-12-7-5-11;/h9,12H,3-8H2,1-2H3;1H. The number of amides is 1. The van der Waals surface area contributed by atoms with Crippen molar-refractivity contribution in [3.05, 3.63) is 0 Å². The van der Waals surface area contributed by atoms with Crippen LogP contribution in [0, 0.1) is 5.41 Å². The van der Waals surface area contributed by atoms with Gasteiger partial charge >= 0.3 is 0 Å². The van der Waals surface area contributed by atoms with Crippen molar-refractivity contribution in [2.45, 2.75) is 38.6 Å². The number of hydrogen-bond acceptors (Lipinski definition) is 2. The van der Waals surface area contributed by atoms with Crippen molar-refractivity contribution in [1.29, 1.82) is 0 Å². The minimum Gasteiger partial charge on any atom is -0.342 e. The first-order valence-corrected chi connectivity index (χ1v) is 5.66. The highest BCUT2D eigenvalue weighted by atomic mass is 35.5. The van der Waals surface area contributed by atoms with Crippen LogP contribution in [0.3, 0.4) is 0 Å². The third-order valence-corrected chi connectivity index (χ3v) is 3.91. The van der Waals surface area contributed by atoms with Crippen molar-refractivity contribution in [3.63, 3.8) is 0 Å². The fraction of sp³-hybridized carbons (Fsp3) is 0.909. The molecule has 3 nitrogen and oxygen atoms in total. The molecule has 1 spiro atoms. The predicted octanol–water partition coefficient (Wildman–Crippen LogP) is 1.42. The van der Waals surface area contributed by atoms with E-state index >= 15 is 0 Å². The summed E-state index contributed by atoms with van der Waals surface area (Å²) in [5.41, 5.74) is 0.491. The number of nitrogens with one attached hydrogen (secondary N) is 1. The van der Waals surface area contributed by atoms with E-state index in [4.69, 9.17) is 0 Å². The third kappa shape index (κ3) is 2.28. The SMILES string of the molecule is CCC(=O)N(C)C1CC12CCNCC2.Cl. The molecule has 1 aliphatic carbocycles. The summed E-state index contributed by atoms with van der Waals surface area (Å²) in [5, 5.41) is 3.38. The van der Waals surface area contributed by atoms with Crippen LogP contribution >= 0.6 is 12.4 Å². The maximum atomic E-state index is 11.5. The van der Waals surface area contributed by atoms with Crippen molar-refractivity contribution in [1.82, 2.24) is 10.2 Å². The van der Waals surface area contributed by atoms with Gasteiger partial charge in [0.25, 0.3) is 0 Å². The summed E-state index contributed by atoms with van der Waals surface area (Å²) >= 11 is 0. The molecule has 15 heavy (non-hydrogen) atoms. The van der Waals surface area contributed by atoms with Crippen LogP contribution in [0.2, 0.25) is 0 Å². The van der Waals surface area contributed by atoms with E-state index in [9.17, 15) is 4.79 Å². The van der Waals surface area contributed by atoms with E-state index in [1.807, 2.05) is 18.9 Å². The molecule has 0 radical (unpaired) electrons. The molecule has 4 heteroatoms. The summed E-state index contributed by atoms with van der Waals surface area (Å²) in [4.78, 5) is 13.5. The normalized spacial score (nSPS) is 26.9. The lowest BCUT2D eigenvalue weighted by molar-refractivity contribution is -0.130. The van der Waals surface area contributed by atoms with Crippen LogP contribution in [0.25, 0.3) is 0 Å². The molecule has 0 aromatic carbocycles. The Kier molecular flexibility index (Phi) is 4.01. The first-order valence-electron chi connectivity index (χ1n) is 5.66. The Labute approximate surface area is 98.0 Å². The van der Waals surface area contributed by atoms with Crippen molar-refractivity contribution >= 4 is 18.3 Å². The average molecular weight is 233 g/mol. The Balaban J connectivity index is 0.00000112. The molecule has 2 rings (SSSR count). The Morgan fingerprint density at radius 3 is 2.60 bits per heavy atom. The molecule has 88 valence electrons. The Bertz CT molecular complexity index is 239. The summed E-state index contributed by atoms with van der Waals surface area (Å²) in [6.07, 6.45) is 4.37. The molecular weight excluding hydrogens is 212 g/mol. The summed E-state index contributed by atoms with van der Waals surface area (Å²) in [7, 11) is 1.97. The molecule has 1 atom stereocenters. The summed E-state index contributed by atoms with van der Waals surface area (Å²) in [5.74, 6) is 0.297. The van der Waals surface area contributed by atoms with E-state index in [2.05, 4.69) is 5.32 Å². The van der Waals surface area contributed by atoms with Gasteiger partial charge in [-0.15, -0.1) is 12.4 Å². The van der Waals surface area contributed by atoms with Gasteiger partial charge in [0, 0.05) is 19.5 Å². The van der Waals surface area contributed by atoms with Crippen molar-refractivity contribution in [2.75, 3.05) is 20.1 Å². The second-order valence-electron chi connectivity index (χ2n) is 4.69. The Hall–Kier alpha value is -0.280. The molecule has 1 aliphatic heterocycles. The van der Waals surface area contributed by atoms with Gasteiger partial charge in [-0.05, 0) is 37.8 Å². The van der Waals surface area contributed by atoms with Crippen LogP contribution in [0.1, 0.15) is 32.6 Å². The molecule has 1 N–H and O–H groups in total. The van der Waals surface area contributed by atoms with Gasteiger partial charge in [-0.1, -0.05) is 6.92 Å². The molecule has 1 saturated heterocycles. The zero-order valence-corrected chi connectivity index (χ0v) is 10.4. The third-order valence-electron chi connectivity index (χ3n) is 3.91. The van der Waals surface area contributed by atoms with Gasteiger partial charge in [0.05, 0.1) is 0 Å². The lowest BCUT2D eigenvalue weighted by Gasteiger charge is -2.27. The van der Waals surface area contributed by atoms with E-state index in [0.29, 0.717) is 23.8 Å². The number of rotatable bonds is 2. The lowest BCUT2D eigenvalue weighted by atomic mass is 9.93. The maximum Gasteiger partial charge on any atom is 0.222 e. The van der Waals surface area contributed by atoms with Crippen molar-refractivity contribution < 1.29 is 4.79 Å². The van der Waals surface area contributed by atoms with Gasteiger partial charge in [-0.3, -0.25) is 4.79 Å². The predicted molar refractivity (Wildman–Crippen MR) is 63.3 cm³/mol. The topological polar surface area (TPSA) is 32.3 Å². The van der Waals surface area contributed by atoms with Crippen LogP contribution < -0.4 is 5.32 Å². The molecule has 0 aromatic rings. The smallest absolute Gasteiger partial charge is 0.222 e. The minimum atomic E-state index is 0. The van der Waals surface area contributed by atoms with Gasteiger partial charge in [0.2, 0.25) is 5.91 Å². The first-order chi connectivity index (χ1) is 6.69. The van der Waals surface area contributed by atoms with Crippen LogP contribution in [0.15, 0.2) is 0 Å². The van der Waals surface area contributed by atoms with Gasteiger partial charge in [-0.2, -0.15) is 0 Å². The van der Waals surface area contributed by atoms with Gasteiger partial charge in [-0.25, -0.2) is 0 Å². The van der Waals surface area contributed by atoms with Gasteiger partial charge in [0.15, 0.2) is 0 Å². The monoisotopic (exact) mass is 232 g/mol. The van der Waals surface area contributed by atoms with Gasteiger partial charge < -0.3 is 10.2 Å². The second-order valence-corrected chi connectivity index (χ2v) is 4.69. The molecule has 2 fully saturated rings. The second kappa shape index (κ2) is 4.71. The molecule has 0 bridgehead atoms. The molecular formula is C11H21ClN2O. The largest absolute Gasteiger partial charge is 0.342 e. The number of hydrogen-bond donors (Lipinski definition) is 1. The van der Waals surface area contributed by atoms with E-state index in [-0.39, 0.29) is 12.4 Å². The van der Waals surface area contributed by atoms with E-state index in [1.54, 1.807) is 0 Å². The van der Waals surface area contributed by atoms with Crippen molar-refractivity contribution in [2.24, 2.45) is 5.41 Å². The fourth-order valence-corrected chi connectivity index (χ4v) is 2.76. The van der Waals surface area contributed by atoms with Crippen LogP contribution in [0.4, 0.5) is 0 Å². The van der Waals surface area contributed by atoms with E-state index in [0.717, 1.165) is 13.1 Å². The maximum absolute atomic E-state index is 11.5. The number of carbonyl (C=O) groups is 1. The highest BCUT2D eigenvalue weighted by Crippen LogP contribution is 2.55. The summed E-state index contributed by atoms with van der Waals surface area (Å²) < 4.78 is 0. The van der Waals surface area contributed by atoms with Crippen LogP contribution in [-0.4, -0.2) is 37.0 Å². The first kappa shape index (κ1) is 12.8. The molecule has 1 saturated carbocycles. The fourth-order valence-electron chi connectivity index (χ4n) is 2.76. The zero-order valence-electron chi connectivity index (χ0n) is 9.58. The zero-order chi connectivity index (χ0) is 10.2. The Morgan fingerprint density at radius 2 is 2.07 bits per heavy atom. The minimum absolute atomic E-state index is 0. The van der Waals surface area contributed by atoms with E-state index < -0.39 is 0 Å². The highest BCUT2D eigenvalue weighted by molar-refractivity contribution is 5.85. The molecule has 1 heterocycles. The van der Waals surface area contributed by atoms with Gasteiger partial charge in [0.1, 0.15) is 0 Å². The van der Waals surface area contributed by atoms with Crippen LogP contribution in [0.5, 0.6) is 0 Å². The average Bonchev–Trinajstić information content (AvgIpc) is 2.91.